The van der Waals surface area contributed by atoms with Crippen LogP contribution in [0.25, 0.3) is 11.0 Å². The van der Waals surface area contributed by atoms with Gasteiger partial charge >= 0.3 is 0 Å². The van der Waals surface area contributed by atoms with Gasteiger partial charge in [-0.15, -0.1) is 0 Å². The second-order valence-electron chi connectivity index (χ2n) is 4.62. The minimum Gasteiger partial charge on any atom is -0.459 e. The van der Waals surface area contributed by atoms with Crippen molar-refractivity contribution in [2.24, 2.45) is 0 Å². The summed E-state index contributed by atoms with van der Waals surface area (Å²) in [4.78, 5) is 0. The summed E-state index contributed by atoms with van der Waals surface area (Å²) in [5.41, 5.74) is 1.93. The summed E-state index contributed by atoms with van der Waals surface area (Å²) in [6, 6.07) is 7.49. The fourth-order valence-electron chi connectivity index (χ4n) is 1.97. The lowest BCUT2D eigenvalue weighted by Gasteiger charge is -2.11. The summed E-state index contributed by atoms with van der Waals surface area (Å²) in [5.74, 6) is 0.686. The first-order valence-corrected chi connectivity index (χ1v) is 7.80. The van der Waals surface area contributed by atoms with Gasteiger partial charge in [-0.3, -0.25) is 0 Å². The Morgan fingerprint density at radius 2 is 2.06 bits per heavy atom. The predicted octanol–water partition coefficient (Wildman–Crippen LogP) is 2.05. The third-order valence-corrected chi connectivity index (χ3v) is 3.79. The first kappa shape index (κ1) is 13.1. The molecule has 0 saturated carbocycles. The van der Waals surface area contributed by atoms with Crippen molar-refractivity contribution in [2.75, 3.05) is 19.1 Å². The van der Waals surface area contributed by atoms with Crippen molar-refractivity contribution in [3.8, 4) is 0 Å². The van der Waals surface area contributed by atoms with E-state index in [1.54, 1.807) is 7.05 Å². The van der Waals surface area contributed by atoms with Crippen LogP contribution in [0.3, 0.4) is 0 Å². The molecule has 0 radical (unpaired) electrons. The van der Waals surface area contributed by atoms with Crippen LogP contribution in [0.2, 0.25) is 0 Å². The Hall–Kier alpha value is -1.33. The van der Waals surface area contributed by atoms with Crippen molar-refractivity contribution in [1.82, 2.24) is 5.32 Å². The van der Waals surface area contributed by atoms with Crippen LogP contribution in [0.4, 0.5) is 0 Å². The zero-order valence-electron chi connectivity index (χ0n) is 10.7. The van der Waals surface area contributed by atoms with Gasteiger partial charge in [-0.1, -0.05) is 11.6 Å². The average Bonchev–Trinajstić information content (AvgIpc) is 2.67. The molecule has 1 aromatic heterocycles. The van der Waals surface area contributed by atoms with E-state index in [0.717, 1.165) is 16.5 Å². The van der Waals surface area contributed by atoms with Crippen LogP contribution in [0.15, 0.2) is 28.7 Å². The highest BCUT2D eigenvalue weighted by molar-refractivity contribution is 7.90. The minimum atomic E-state index is -3.05. The van der Waals surface area contributed by atoms with Crippen LogP contribution in [0, 0.1) is 6.92 Å². The van der Waals surface area contributed by atoms with Gasteiger partial charge in [0.05, 0.1) is 11.8 Å². The van der Waals surface area contributed by atoms with Crippen LogP contribution >= 0.6 is 0 Å². The summed E-state index contributed by atoms with van der Waals surface area (Å²) in [6.07, 6.45) is 1.23. The van der Waals surface area contributed by atoms with Crippen molar-refractivity contribution in [2.45, 2.75) is 13.0 Å². The van der Waals surface area contributed by atoms with Gasteiger partial charge in [0.1, 0.15) is 21.2 Å². The molecule has 2 aromatic rings. The number of fused-ring (bicyclic) bond motifs is 1. The first-order valence-electron chi connectivity index (χ1n) is 5.74. The highest BCUT2D eigenvalue weighted by atomic mass is 32.2. The topological polar surface area (TPSA) is 59.3 Å². The third kappa shape index (κ3) is 2.91. The molecule has 1 aromatic carbocycles. The smallest absolute Gasteiger partial charge is 0.149 e. The van der Waals surface area contributed by atoms with Gasteiger partial charge in [0.2, 0.25) is 0 Å². The van der Waals surface area contributed by atoms with Crippen LogP contribution in [0.1, 0.15) is 17.4 Å². The van der Waals surface area contributed by atoms with Crippen molar-refractivity contribution in [3.05, 3.63) is 35.6 Å². The van der Waals surface area contributed by atoms with E-state index >= 15 is 0 Å². The molecule has 18 heavy (non-hydrogen) atoms. The van der Waals surface area contributed by atoms with E-state index in [0.29, 0.717) is 5.76 Å². The highest BCUT2D eigenvalue weighted by Crippen LogP contribution is 2.25. The predicted molar refractivity (Wildman–Crippen MR) is 72.5 cm³/mol. The molecule has 0 amide bonds. The van der Waals surface area contributed by atoms with E-state index < -0.39 is 9.84 Å². The lowest BCUT2D eigenvalue weighted by molar-refractivity contribution is 0.472. The zero-order valence-corrected chi connectivity index (χ0v) is 11.5. The molecule has 2 rings (SSSR count). The molecule has 1 atom stereocenters. The Morgan fingerprint density at radius 3 is 2.67 bits per heavy atom. The lowest BCUT2D eigenvalue weighted by atomic mass is 10.1. The molecule has 5 heteroatoms. The van der Waals surface area contributed by atoms with E-state index in [9.17, 15) is 8.42 Å². The Balaban J connectivity index is 2.39. The highest BCUT2D eigenvalue weighted by Gasteiger charge is 2.19. The average molecular weight is 267 g/mol. The van der Waals surface area contributed by atoms with Gasteiger partial charge in [0.25, 0.3) is 0 Å². The van der Waals surface area contributed by atoms with Crippen molar-refractivity contribution >= 4 is 20.8 Å². The van der Waals surface area contributed by atoms with E-state index in [-0.39, 0.29) is 11.8 Å². The lowest BCUT2D eigenvalue weighted by Crippen LogP contribution is -2.24. The second-order valence-corrected chi connectivity index (χ2v) is 6.81. The molecule has 0 aliphatic rings. The van der Waals surface area contributed by atoms with Crippen LogP contribution in [-0.2, 0) is 9.84 Å². The van der Waals surface area contributed by atoms with Crippen molar-refractivity contribution in [3.63, 3.8) is 0 Å². The summed E-state index contributed by atoms with van der Waals surface area (Å²) in [7, 11) is -1.32. The Bertz CT molecular complexity index is 658. The maximum absolute atomic E-state index is 11.4. The Kier molecular flexibility index (Phi) is 3.45. The first-order chi connectivity index (χ1) is 8.39. The number of nitrogens with one attached hydrogen (secondary N) is 1. The van der Waals surface area contributed by atoms with Crippen LogP contribution in [0.5, 0.6) is 0 Å². The van der Waals surface area contributed by atoms with Gasteiger partial charge in [-0.2, -0.15) is 0 Å². The zero-order chi connectivity index (χ0) is 13.3. The standard InChI is InChI=1S/C13H17NO3S/c1-9-4-5-12-10(6-9)7-13(17-12)11(14-2)8-18(3,15)16/h4-7,11,14H,8H2,1-3H3. The minimum absolute atomic E-state index is 0.0301. The summed E-state index contributed by atoms with van der Waals surface area (Å²) in [6.45, 7) is 2.01. The fourth-order valence-corrected chi connectivity index (χ4v) is 2.90. The fraction of sp³-hybridized carbons (Fsp3) is 0.385. The number of hydrogen-bond acceptors (Lipinski definition) is 4. The number of sulfone groups is 1. The van der Waals surface area contributed by atoms with E-state index in [4.69, 9.17) is 4.42 Å². The van der Waals surface area contributed by atoms with Gasteiger partial charge in [0.15, 0.2) is 0 Å². The number of benzene rings is 1. The monoisotopic (exact) mass is 267 g/mol. The Morgan fingerprint density at radius 1 is 1.33 bits per heavy atom. The van der Waals surface area contributed by atoms with E-state index in [2.05, 4.69) is 5.32 Å². The molecule has 1 unspecified atom stereocenters. The molecule has 98 valence electrons. The molecule has 0 spiro atoms. The molecule has 0 fully saturated rings. The second kappa shape index (κ2) is 4.74. The number of aryl methyl sites for hydroxylation is 1. The number of rotatable bonds is 4. The van der Waals surface area contributed by atoms with E-state index in [1.807, 2.05) is 31.2 Å². The van der Waals surface area contributed by atoms with Crippen molar-refractivity contribution < 1.29 is 12.8 Å². The van der Waals surface area contributed by atoms with Crippen molar-refractivity contribution in [1.29, 1.82) is 0 Å². The van der Waals surface area contributed by atoms with Crippen LogP contribution in [-0.4, -0.2) is 27.5 Å². The maximum atomic E-state index is 11.4. The van der Waals surface area contributed by atoms with Gasteiger partial charge in [-0.05, 0) is 32.2 Å². The molecular weight excluding hydrogens is 250 g/mol. The number of furan rings is 1. The van der Waals surface area contributed by atoms with Gasteiger partial charge < -0.3 is 9.73 Å². The maximum Gasteiger partial charge on any atom is 0.149 e. The van der Waals surface area contributed by atoms with Gasteiger partial charge in [0, 0.05) is 11.6 Å². The van der Waals surface area contributed by atoms with Gasteiger partial charge in [-0.25, -0.2) is 8.42 Å². The largest absolute Gasteiger partial charge is 0.459 e. The molecule has 0 saturated heterocycles. The SMILES string of the molecule is CNC(CS(C)(=O)=O)c1cc2cc(C)ccc2o1. The summed E-state index contributed by atoms with van der Waals surface area (Å²) < 4.78 is 28.4. The molecule has 1 heterocycles. The molecular formula is C13H17NO3S. The number of hydrogen-bond donors (Lipinski definition) is 1. The summed E-state index contributed by atoms with van der Waals surface area (Å²) >= 11 is 0. The molecule has 0 aliphatic carbocycles. The molecule has 0 aliphatic heterocycles. The summed E-state index contributed by atoms with van der Waals surface area (Å²) in [5, 5.41) is 3.98. The molecule has 4 nitrogen and oxygen atoms in total. The third-order valence-electron chi connectivity index (χ3n) is 2.85. The van der Waals surface area contributed by atoms with Crippen LogP contribution < -0.4 is 5.32 Å². The van der Waals surface area contributed by atoms with E-state index in [1.165, 1.54) is 6.26 Å². The quantitative estimate of drug-likeness (QED) is 0.921. The Labute approximate surface area is 107 Å². The molecule has 1 N–H and O–H groups in total. The molecule has 0 bridgehead atoms. The normalized spacial score (nSPS) is 13.9.